The number of nitrogens with one attached hydrogen (secondary N) is 2. The van der Waals surface area contributed by atoms with Crippen molar-refractivity contribution in [1.29, 1.82) is 0 Å². The van der Waals surface area contributed by atoms with Crippen LogP contribution in [0.5, 0.6) is 0 Å². The minimum Gasteiger partial charge on any atom is -0.393 e. The maximum absolute atomic E-state index is 13.0. The molecule has 1 saturated heterocycles. The number of aliphatic hydroxyl groups is 1. The molecule has 3 heterocycles. The number of H-pyrrole nitrogens is 1. The summed E-state index contributed by atoms with van der Waals surface area (Å²) in [4.78, 5) is 15.4. The topological polar surface area (TPSA) is 129 Å². The maximum atomic E-state index is 13.0. The fourth-order valence-corrected chi connectivity index (χ4v) is 7.69. The molecule has 1 aromatic carbocycles. The fraction of sp³-hybridized carbons (Fsp3) is 0.500. The van der Waals surface area contributed by atoms with Crippen LogP contribution in [0.1, 0.15) is 60.4 Å². The van der Waals surface area contributed by atoms with Gasteiger partial charge in [-0.05, 0) is 90.1 Å². The zero-order valence-electron chi connectivity index (χ0n) is 20.3. The second kappa shape index (κ2) is 10.6. The van der Waals surface area contributed by atoms with Crippen LogP contribution in [0, 0.1) is 0 Å². The van der Waals surface area contributed by atoms with E-state index in [9.17, 15) is 18.3 Å². The van der Waals surface area contributed by atoms with Gasteiger partial charge in [0.1, 0.15) is 0 Å². The van der Waals surface area contributed by atoms with Crippen molar-refractivity contribution in [2.45, 2.75) is 56.6 Å². The third-order valence-electron chi connectivity index (χ3n) is 7.72. The third kappa shape index (κ3) is 5.38. The molecule has 0 atom stereocenters. The van der Waals surface area contributed by atoms with E-state index in [4.69, 9.17) is 5.73 Å². The van der Waals surface area contributed by atoms with Crippen LogP contribution >= 0.6 is 11.3 Å². The number of aromatic amines is 1. The highest BCUT2D eigenvalue weighted by atomic mass is 32.2. The Bertz CT molecular complexity index is 1300. The monoisotopic (exact) mass is 530 g/mol. The standard InChI is InChI=1S/C26H34N4O4S2/c27-26(32)23-14-19(18-7-11-35-16-18)13-22-24(15-29-25(22)23)17-5-9-30(10-6-17)36(33,34)12-8-28-20-1-3-21(31)4-2-20/h7,11,13-17,20-21,28-29,31H,1-6,8-10,12H2,(H2,27,32). The number of aromatic nitrogens is 1. The molecule has 5 rings (SSSR count). The van der Waals surface area contributed by atoms with Gasteiger partial charge in [-0.1, -0.05) is 0 Å². The minimum atomic E-state index is -3.33. The Balaban J connectivity index is 1.25. The zero-order valence-corrected chi connectivity index (χ0v) is 21.9. The first-order chi connectivity index (χ1) is 17.3. The second-order valence-electron chi connectivity index (χ2n) is 10.0. The summed E-state index contributed by atoms with van der Waals surface area (Å²) in [6, 6.07) is 6.26. The molecule has 0 radical (unpaired) electrons. The number of hydrogen-bond acceptors (Lipinski definition) is 6. The Morgan fingerprint density at radius 3 is 2.56 bits per heavy atom. The number of aliphatic hydroxyl groups excluding tert-OH is 1. The molecule has 1 saturated carbocycles. The number of carbonyl (C=O) groups excluding carboxylic acids is 1. The SMILES string of the molecule is NC(=O)c1cc(-c2ccsc2)cc2c(C3CCN(S(=O)(=O)CCNC4CCC(O)CC4)CC3)c[nH]c12. The summed E-state index contributed by atoms with van der Waals surface area (Å²) in [6.45, 7) is 1.41. The molecular formula is C26H34N4O4S2. The number of hydrogen-bond donors (Lipinski definition) is 4. The lowest BCUT2D eigenvalue weighted by Crippen LogP contribution is -2.43. The summed E-state index contributed by atoms with van der Waals surface area (Å²) >= 11 is 1.60. The first-order valence-electron chi connectivity index (χ1n) is 12.7. The van der Waals surface area contributed by atoms with E-state index < -0.39 is 15.9 Å². The van der Waals surface area contributed by atoms with E-state index in [0.29, 0.717) is 31.2 Å². The molecule has 8 nitrogen and oxygen atoms in total. The quantitative estimate of drug-likeness (QED) is 0.355. The molecule has 0 bridgehead atoms. The predicted octanol–water partition coefficient (Wildman–Crippen LogP) is 3.40. The number of rotatable bonds is 8. The molecule has 5 N–H and O–H groups in total. The van der Waals surface area contributed by atoms with E-state index in [1.165, 1.54) is 0 Å². The molecule has 2 aliphatic rings. The van der Waals surface area contributed by atoms with E-state index in [0.717, 1.165) is 66.1 Å². The smallest absolute Gasteiger partial charge is 0.250 e. The van der Waals surface area contributed by atoms with Gasteiger partial charge in [0.05, 0.1) is 22.9 Å². The number of nitrogens with two attached hydrogens (primary N) is 1. The number of carbonyl (C=O) groups is 1. The van der Waals surface area contributed by atoms with Gasteiger partial charge < -0.3 is 21.1 Å². The molecule has 1 amide bonds. The molecule has 10 heteroatoms. The van der Waals surface area contributed by atoms with Gasteiger partial charge in [0, 0.05) is 37.3 Å². The van der Waals surface area contributed by atoms with Crippen LogP contribution in [0.25, 0.3) is 22.0 Å². The van der Waals surface area contributed by atoms with Crippen LogP contribution in [0.3, 0.4) is 0 Å². The van der Waals surface area contributed by atoms with Crippen molar-refractivity contribution in [3.63, 3.8) is 0 Å². The first kappa shape index (κ1) is 25.4. The van der Waals surface area contributed by atoms with Crippen molar-refractivity contribution in [2.24, 2.45) is 5.73 Å². The van der Waals surface area contributed by atoms with Crippen LogP contribution in [0.4, 0.5) is 0 Å². The number of fused-ring (bicyclic) bond motifs is 1. The van der Waals surface area contributed by atoms with Crippen molar-refractivity contribution in [2.75, 3.05) is 25.4 Å². The van der Waals surface area contributed by atoms with Gasteiger partial charge in [-0.25, -0.2) is 12.7 Å². The van der Waals surface area contributed by atoms with Crippen molar-refractivity contribution in [3.8, 4) is 11.1 Å². The van der Waals surface area contributed by atoms with Gasteiger partial charge in [0.2, 0.25) is 10.0 Å². The Morgan fingerprint density at radius 2 is 1.89 bits per heavy atom. The van der Waals surface area contributed by atoms with E-state index >= 15 is 0 Å². The number of primary amides is 1. The van der Waals surface area contributed by atoms with Gasteiger partial charge in [0.15, 0.2) is 0 Å². The lowest BCUT2D eigenvalue weighted by atomic mass is 9.88. The van der Waals surface area contributed by atoms with Gasteiger partial charge in [-0.15, -0.1) is 0 Å². The van der Waals surface area contributed by atoms with Gasteiger partial charge in [-0.2, -0.15) is 11.3 Å². The highest BCUT2D eigenvalue weighted by molar-refractivity contribution is 7.89. The van der Waals surface area contributed by atoms with E-state index in [2.05, 4.69) is 16.4 Å². The summed E-state index contributed by atoms with van der Waals surface area (Å²) in [7, 11) is -3.33. The van der Waals surface area contributed by atoms with Crippen LogP contribution in [-0.2, 0) is 10.0 Å². The van der Waals surface area contributed by atoms with Crippen LogP contribution in [-0.4, -0.2) is 66.3 Å². The number of amides is 1. The maximum Gasteiger partial charge on any atom is 0.250 e. The van der Waals surface area contributed by atoms with Crippen molar-refractivity contribution >= 4 is 38.2 Å². The second-order valence-corrected chi connectivity index (χ2v) is 12.9. The third-order valence-corrected chi connectivity index (χ3v) is 10.3. The predicted molar refractivity (Wildman–Crippen MR) is 144 cm³/mol. The average molecular weight is 531 g/mol. The Kier molecular flexibility index (Phi) is 7.50. The molecule has 36 heavy (non-hydrogen) atoms. The summed E-state index contributed by atoms with van der Waals surface area (Å²) in [5, 5.41) is 18.0. The Hall–Kier alpha value is -2.24. The molecule has 1 aliphatic heterocycles. The van der Waals surface area contributed by atoms with Crippen molar-refractivity contribution in [1.82, 2.24) is 14.6 Å². The highest BCUT2D eigenvalue weighted by Gasteiger charge is 2.30. The molecule has 3 aromatic rings. The van der Waals surface area contributed by atoms with Crippen molar-refractivity contribution in [3.05, 3.63) is 46.3 Å². The number of thiophene rings is 1. The molecule has 0 spiro atoms. The highest BCUT2D eigenvalue weighted by Crippen LogP contribution is 2.37. The number of nitrogens with zero attached hydrogens (tertiary/aromatic N) is 1. The zero-order chi connectivity index (χ0) is 25.3. The first-order valence-corrected chi connectivity index (χ1v) is 15.2. The lowest BCUT2D eigenvalue weighted by Gasteiger charge is -2.32. The summed E-state index contributed by atoms with van der Waals surface area (Å²) in [6.07, 6.45) is 6.54. The summed E-state index contributed by atoms with van der Waals surface area (Å²) in [5.41, 5.74) is 10.0. The van der Waals surface area contributed by atoms with Crippen LogP contribution in [0.15, 0.2) is 35.2 Å². The number of benzene rings is 1. The molecule has 2 fully saturated rings. The van der Waals surface area contributed by atoms with Gasteiger partial charge in [0.25, 0.3) is 5.91 Å². The Labute approximate surface area is 215 Å². The summed E-state index contributed by atoms with van der Waals surface area (Å²) < 4.78 is 27.6. The minimum absolute atomic E-state index is 0.0930. The molecule has 194 valence electrons. The number of piperidine rings is 1. The molecule has 2 aromatic heterocycles. The lowest BCUT2D eigenvalue weighted by molar-refractivity contribution is 0.100. The van der Waals surface area contributed by atoms with E-state index in [1.54, 1.807) is 15.6 Å². The molecular weight excluding hydrogens is 496 g/mol. The largest absolute Gasteiger partial charge is 0.393 e. The number of sulfonamides is 1. The van der Waals surface area contributed by atoms with Crippen LogP contribution in [0.2, 0.25) is 0 Å². The molecule has 1 aliphatic carbocycles. The van der Waals surface area contributed by atoms with Crippen molar-refractivity contribution < 1.29 is 18.3 Å². The van der Waals surface area contributed by atoms with Crippen LogP contribution < -0.4 is 11.1 Å². The normalized spacial score (nSPS) is 22.2. The fourth-order valence-electron chi connectivity index (χ4n) is 5.63. The van der Waals surface area contributed by atoms with Gasteiger partial charge >= 0.3 is 0 Å². The Morgan fingerprint density at radius 1 is 1.14 bits per heavy atom. The average Bonchev–Trinajstić information content (AvgIpc) is 3.55. The van der Waals surface area contributed by atoms with E-state index in [1.807, 2.05) is 29.1 Å². The molecule has 0 unspecified atom stereocenters. The summed E-state index contributed by atoms with van der Waals surface area (Å²) in [5.74, 6) is -0.171. The van der Waals surface area contributed by atoms with E-state index in [-0.39, 0.29) is 17.8 Å². The van der Waals surface area contributed by atoms with Gasteiger partial charge in [-0.3, -0.25) is 4.79 Å².